The van der Waals surface area contributed by atoms with Crippen LogP contribution in [0.2, 0.25) is 0 Å². The predicted molar refractivity (Wildman–Crippen MR) is 131 cm³/mol. The van der Waals surface area contributed by atoms with E-state index in [1.165, 1.54) is 11.3 Å². The smallest absolute Gasteiger partial charge is 0.401 e. The zero-order valence-corrected chi connectivity index (χ0v) is 18.3. The first-order valence-electron chi connectivity index (χ1n) is 11.2. The molecule has 1 fully saturated rings. The van der Waals surface area contributed by atoms with Crippen molar-refractivity contribution in [2.45, 2.75) is 31.5 Å². The first kappa shape index (κ1) is 21.2. The van der Waals surface area contributed by atoms with Crippen LogP contribution < -0.4 is 26.0 Å². The Morgan fingerprint density at radius 2 is 1.85 bits per heavy atom. The van der Waals surface area contributed by atoms with E-state index in [0.29, 0.717) is 24.0 Å². The number of rotatable bonds is 6. The van der Waals surface area contributed by atoms with Gasteiger partial charge >= 0.3 is 6.03 Å². The van der Waals surface area contributed by atoms with Gasteiger partial charge in [0.25, 0.3) is 0 Å². The molecule has 170 valence electrons. The van der Waals surface area contributed by atoms with E-state index in [1.54, 1.807) is 30.7 Å². The van der Waals surface area contributed by atoms with Crippen molar-refractivity contribution >= 4 is 23.3 Å². The molecule has 1 aromatic heterocycles. The van der Waals surface area contributed by atoms with E-state index >= 15 is 0 Å². The van der Waals surface area contributed by atoms with Crippen LogP contribution in [0, 0.1) is 0 Å². The van der Waals surface area contributed by atoms with Crippen LogP contribution >= 0.6 is 0 Å². The van der Waals surface area contributed by atoms with Crippen molar-refractivity contribution < 1.29 is 9.84 Å². The van der Waals surface area contributed by atoms with Crippen LogP contribution in [0.15, 0.2) is 72.0 Å². The third-order valence-electron chi connectivity index (χ3n) is 5.98. The van der Waals surface area contributed by atoms with Gasteiger partial charge in [0.05, 0.1) is 11.9 Å². The highest BCUT2D eigenvalue weighted by molar-refractivity contribution is 5.89. The highest BCUT2D eigenvalue weighted by atomic mass is 16.7. The van der Waals surface area contributed by atoms with Crippen LogP contribution in [-0.2, 0) is 6.54 Å². The number of aliphatic hydroxyl groups is 1. The van der Waals surface area contributed by atoms with Gasteiger partial charge in [0, 0.05) is 55.0 Å². The number of nitrogens with two attached hydrogens (primary N) is 1. The van der Waals surface area contributed by atoms with E-state index < -0.39 is 6.03 Å². The van der Waals surface area contributed by atoms with E-state index in [1.807, 2.05) is 18.2 Å². The minimum absolute atomic E-state index is 0.338. The summed E-state index contributed by atoms with van der Waals surface area (Å²) >= 11 is 0. The number of ether oxygens (including phenoxy) is 1. The Morgan fingerprint density at radius 1 is 1.09 bits per heavy atom. The van der Waals surface area contributed by atoms with Crippen LogP contribution in [0.3, 0.4) is 0 Å². The molecule has 3 aromatic rings. The Morgan fingerprint density at radius 3 is 2.61 bits per heavy atom. The SMILES string of the molecule is NC1CCN(c2ccc(CNc3ccc(OC4(O)N=Cc5ccncc5N4)cc3)cc2)CC1. The van der Waals surface area contributed by atoms with E-state index in [0.717, 1.165) is 37.2 Å². The summed E-state index contributed by atoms with van der Waals surface area (Å²) in [5.74, 6) is 0.491. The number of fused-ring (bicyclic) bond motifs is 1. The average Bonchev–Trinajstić information content (AvgIpc) is 2.84. The molecule has 5 rings (SSSR count). The summed E-state index contributed by atoms with van der Waals surface area (Å²) in [6.45, 7) is 2.75. The number of nitrogens with one attached hydrogen (secondary N) is 2. The molecule has 1 atom stereocenters. The monoisotopic (exact) mass is 444 g/mol. The molecule has 5 N–H and O–H groups in total. The van der Waals surface area contributed by atoms with Gasteiger partial charge in [-0.3, -0.25) is 4.98 Å². The van der Waals surface area contributed by atoms with E-state index in [9.17, 15) is 5.11 Å². The summed E-state index contributed by atoms with van der Waals surface area (Å²) in [5, 5.41) is 16.9. The van der Waals surface area contributed by atoms with Gasteiger partial charge in [-0.1, -0.05) is 12.1 Å². The summed E-state index contributed by atoms with van der Waals surface area (Å²) in [4.78, 5) is 10.5. The number of hydrogen-bond donors (Lipinski definition) is 4. The van der Waals surface area contributed by atoms with Gasteiger partial charge in [-0.15, -0.1) is 0 Å². The summed E-state index contributed by atoms with van der Waals surface area (Å²) in [6, 6.07) is 16.3. The van der Waals surface area contributed by atoms with E-state index in [-0.39, 0.29) is 0 Å². The molecule has 0 amide bonds. The Hall–Kier alpha value is -3.62. The number of nitrogens with zero attached hydrogens (tertiary/aromatic N) is 3. The third-order valence-corrected chi connectivity index (χ3v) is 5.98. The molecule has 2 aromatic carbocycles. The van der Waals surface area contributed by atoms with Gasteiger partial charge < -0.3 is 31.1 Å². The molecule has 0 aliphatic carbocycles. The number of piperidine rings is 1. The molecule has 0 spiro atoms. The van der Waals surface area contributed by atoms with Crippen molar-refractivity contribution in [3.8, 4) is 5.75 Å². The quantitative estimate of drug-likeness (QED) is 0.433. The van der Waals surface area contributed by atoms with Crippen LogP contribution in [0.1, 0.15) is 24.0 Å². The maximum absolute atomic E-state index is 10.6. The predicted octanol–water partition coefficient (Wildman–Crippen LogP) is 3.15. The minimum atomic E-state index is -1.87. The normalized spacial score (nSPS) is 20.1. The van der Waals surface area contributed by atoms with Gasteiger partial charge in [-0.2, -0.15) is 4.99 Å². The molecule has 2 aliphatic heterocycles. The topological polar surface area (TPSA) is 108 Å². The van der Waals surface area contributed by atoms with Gasteiger partial charge in [-0.25, -0.2) is 0 Å². The first-order chi connectivity index (χ1) is 16.1. The lowest BCUT2D eigenvalue weighted by Crippen LogP contribution is -2.44. The molecule has 0 radical (unpaired) electrons. The molecule has 33 heavy (non-hydrogen) atoms. The highest BCUT2D eigenvalue weighted by Gasteiger charge is 2.32. The number of hydrogen-bond acceptors (Lipinski definition) is 8. The Bertz CT molecular complexity index is 1110. The fraction of sp³-hybridized carbons (Fsp3) is 0.280. The molecule has 3 heterocycles. The van der Waals surface area contributed by atoms with Crippen molar-refractivity contribution in [1.82, 2.24) is 4.98 Å². The summed E-state index contributed by atoms with van der Waals surface area (Å²) < 4.78 is 5.67. The second-order valence-electron chi connectivity index (χ2n) is 8.43. The van der Waals surface area contributed by atoms with Crippen LogP contribution in [-0.4, -0.2) is 41.5 Å². The number of benzene rings is 2. The lowest BCUT2D eigenvalue weighted by atomic mass is 10.1. The van der Waals surface area contributed by atoms with Crippen molar-refractivity contribution in [1.29, 1.82) is 0 Å². The molecule has 8 nitrogen and oxygen atoms in total. The molecule has 1 unspecified atom stereocenters. The molecule has 2 aliphatic rings. The number of anilines is 3. The number of aliphatic imine (C=N–C) groups is 1. The molecule has 8 heteroatoms. The second-order valence-corrected chi connectivity index (χ2v) is 8.43. The number of pyridine rings is 1. The zero-order chi connectivity index (χ0) is 22.7. The van der Waals surface area contributed by atoms with Crippen molar-refractivity contribution in [2.75, 3.05) is 28.6 Å². The first-order valence-corrected chi connectivity index (χ1v) is 11.2. The fourth-order valence-electron chi connectivity index (χ4n) is 4.03. The maximum Gasteiger partial charge on any atom is 0.401 e. The molecular weight excluding hydrogens is 416 g/mol. The minimum Gasteiger partial charge on any atom is -0.426 e. The average molecular weight is 445 g/mol. The van der Waals surface area contributed by atoms with E-state index in [4.69, 9.17) is 10.5 Å². The van der Waals surface area contributed by atoms with Crippen LogP contribution in [0.5, 0.6) is 5.75 Å². The van der Waals surface area contributed by atoms with E-state index in [2.05, 4.69) is 49.8 Å². The lowest BCUT2D eigenvalue weighted by Gasteiger charge is -2.32. The Balaban J connectivity index is 1.15. The number of aromatic nitrogens is 1. The maximum atomic E-state index is 10.6. The summed E-state index contributed by atoms with van der Waals surface area (Å²) in [5.41, 5.74) is 10.9. The standard InChI is InChI=1S/C25H28N6O2/c26-20-10-13-31(14-11-20)22-5-1-18(2-6-22)15-28-21-3-7-23(8-4-21)33-25(32)29-16-19-9-12-27-17-24(19)30-25/h1-9,12,16-17,20,28,30,32H,10-11,13-15,26H2. The third kappa shape index (κ3) is 5.08. The van der Waals surface area contributed by atoms with Crippen molar-refractivity contribution in [3.05, 3.63) is 78.1 Å². The molecule has 0 saturated carbocycles. The van der Waals surface area contributed by atoms with Gasteiger partial charge in [-0.05, 0) is 60.9 Å². The Labute approximate surface area is 193 Å². The fourth-order valence-corrected chi connectivity index (χ4v) is 4.03. The second kappa shape index (κ2) is 9.09. The van der Waals surface area contributed by atoms with Gasteiger partial charge in [0.1, 0.15) is 5.75 Å². The molecular formula is C25H28N6O2. The largest absolute Gasteiger partial charge is 0.426 e. The van der Waals surface area contributed by atoms with Crippen molar-refractivity contribution in [3.63, 3.8) is 0 Å². The van der Waals surface area contributed by atoms with Gasteiger partial charge in [0.2, 0.25) is 0 Å². The lowest BCUT2D eigenvalue weighted by molar-refractivity contribution is -0.104. The van der Waals surface area contributed by atoms with Gasteiger partial charge in [0.15, 0.2) is 0 Å². The zero-order valence-electron chi connectivity index (χ0n) is 18.3. The summed E-state index contributed by atoms with van der Waals surface area (Å²) in [7, 11) is 0. The van der Waals surface area contributed by atoms with Crippen LogP contribution in [0.4, 0.5) is 17.1 Å². The Kier molecular flexibility index (Phi) is 5.85. The highest BCUT2D eigenvalue weighted by Crippen LogP contribution is 2.27. The van der Waals surface area contributed by atoms with Crippen molar-refractivity contribution in [2.24, 2.45) is 10.7 Å². The van der Waals surface area contributed by atoms with Crippen LogP contribution in [0.25, 0.3) is 0 Å². The molecule has 1 saturated heterocycles. The summed E-state index contributed by atoms with van der Waals surface area (Å²) in [6.07, 6.45) is 6.95. The molecule has 0 bridgehead atoms.